The minimum atomic E-state index is -0.0268. The number of piperidine rings is 1. The molecule has 1 amide bonds. The molecule has 2 aromatic rings. The average molecular weight is 351 g/mol. The van der Waals surface area contributed by atoms with Gasteiger partial charge in [0.25, 0.3) is 0 Å². The van der Waals surface area contributed by atoms with Crippen LogP contribution < -0.4 is 15.5 Å². The second-order valence-electron chi connectivity index (χ2n) is 6.96. The Labute approximate surface area is 156 Å². The van der Waals surface area contributed by atoms with Gasteiger partial charge in [0.15, 0.2) is 0 Å². The van der Waals surface area contributed by atoms with E-state index < -0.39 is 0 Å². The molecule has 0 spiro atoms. The van der Waals surface area contributed by atoms with Crippen LogP contribution in [0.2, 0.25) is 0 Å². The molecule has 1 heterocycles. The standard InChI is InChI=1S/C22H29N3O/c1-3-18-9-7-8-17(2)22(18)23-16-21(26)24-19-10-12-20(13-11-19)25-14-5-4-6-15-25/h7-13,23H,3-6,14-16H2,1-2H3,(H,24,26). The van der Waals surface area contributed by atoms with Crippen LogP contribution in [0.25, 0.3) is 0 Å². The molecule has 0 aliphatic carbocycles. The summed E-state index contributed by atoms with van der Waals surface area (Å²) in [5.74, 6) is -0.0268. The summed E-state index contributed by atoms with van der Waals surface area (Å²) in [5.41, 5.74) is 5.57. The van der Waals surface area contributed by atoms with E-state index >= 15 is 0 Å². The fourth-order valence-electron chi connectivity index (χ4n) is 3.56. The summed E-state index contributed by atoms with van der Waals surface area (Å²) in [6, 6.07) is 14.4. The zero-order chi connectivity index (χ0) is 18.4. The summed E-state index contributed by atoms with van der Waals surface area (Å²) in [5, 5.41) is 6.27. The molecule has 4 nitrogen and oxygen atoms in total. The van der Waals surface area contributed by atoms with Crippen molar-refractivity contribution in [3.63, 3.8) is 0 Å². The Morgan fingerprint density at radius 3 is 2.46 bits per heavy atom. The lowest BCUT2D eigenvalue weighted by atomic mass is 10.1. The van der Waals surface area contributed by atoms with Gasteiger partial charge >= 0.3 is 0 Å². The Bertz CT molecular complexity index is 734. The fourth-order valence-corrected chi connectivity index (χ4v) is 3.56. The molecule has 2 N–H and O–H groups in total. The minimum Gasteiger partial charge on any atom is -0.376 e. The number of amides is 1. The Kier molecular flexibility index (Phi) is 6.16. The highest BCUT2D eigenvalue weighted by Gasteiger charge is 2.11. The first kappa shape index (κ1) is 18.3. The number of rotatable bonds is 6. The van der Waals surface area contributed by atoms with Gasteiger partial charge in [-0.15, -0.1) is 0 Å². The van der Waals surface area contributed by atoms with E-state index in [1.807, 2.05) is 12.1 Å². The highest BCUT2D eigenvalue weighted by molar-refractivity contribution is 5.94. The lowest BCUT2D eigenvalue weighted by molar-refractivity contribution is -0.114. The van der Waals surface area contributed by atoms with E-state index in [1.165, 1.54) is 36.1 Å². The van der Waals surface area contributed by atoms with Crippen LogP contribution in [0.5, 0.6) is 0 Å². The van der Waals surface area contributed by atoms with Crippen LogP contribution in [0.3, 0.4) is 0 Å². The maximum absolute atomic E-state index is 12.3. The van der Waals surface area contributed by atoms with Gasteiger partial charge in [0.2, 0.25) is 5.91 Å². The van der Waals surface area contributed by atoms with Gasteiger partial charge in [0.05, 0.1) is 6.54 Å². The summed E-state index contributed by atoms with van der Waals surface area (Å²) >= 11 is 0. The molecule has 2 aromatic carbocycles. The van der Waals surface area contributed by atoms with Crippen LogP contribution in [-0.2, 0) is 11.2 Å². The molecular formula is C22H29N3O. The maximum atomic E-state index is 12.3. The van der Waals surface area contributed by atoms with Crippen LogP contribution in [0.1, 0.15) is 37.3 Å². The minimum absolute atomic E-state index is 0.0268. The number of aryl methyl sites for hydroxylation is 2. The van der Waals surface area contributed by atoms with E-state index in [4.69, 9.17) is 0 Å². The number of hydrogen-bond donors (Lipinski definition) is 2. The molecule has 1 fully saturated rings. The van der Waals surface area contributed by atoms with E-state index in [0.717, 1.165) is 30.9 Å². The van der Waals surface area contributed by atoms with Crippen LogP contribution in [0, 0.1) is 6.92 Å². The number of carbonyl (C=O) groups excluding carboxylic acids is 1. The number of nitrogens with zero attached hydrogens (tertiary/aromatic N) is 1. The lowest BCUT2D eigenvalue weighted by Crippen LogP contribution is -2.29. The quantitative estimate of drug-likeness (QED) is 0.799. The predicted octanol–water partition coefficient (Wildman–Crippen LogP) is 4.60. The number of anilines is 3. The van der Waals surface area contributed by atoms with Gasteiger partial charge in [0, 0.05) is 30.2 Å². The Morgan fingerprint density at radius 2 is 1.77 bits per heavy atom. The van der Waals surface area contributed by atoms with E-state index in [9.17, 15) is 4.79 Å². The van der Waals surface area contributed by atoms with Gasteiger partial charge < -0.3 is 15.5 Å². The fraction of sp³-hybridized carbons (Fsp3) is 0.409. The molecule has 0 bridgehead atoms. The van der Waals surface area contributed by atoms with E-state index in [-0.39, 0.29) is 12.5 Å². The van der Waals surface area contributed by atoms with Crippen LogP contribution in [0.15, 0.2) is 42.5 Å². The molecule has 0 aromatic heterocycles. The van der Waals surface area contributed by atoms with Crippen LogP contribution in [0.4, 0.5) is 17.1 Å². The molecule has 3 rings (SSSR count). The molecule has 1 aliphatic heterocycles. The number of nitrogens with one attached hydrogen (secondary N) is 2. The molecule has 0 radical (unpaired) electrons. The first-order chi connectivity index (χ1) is 12.7. The molecule has 1 aliphatic rings. The first-order valence-corrected chi connectivity index (χ1v) is 9.64. The third kappa shape index (κ3) is 4.57. The molecule has 0 atom stereocenters. The molecule has 1 saturated heterocycles. The molecule has 0 saturated carbocycles. The Balaban J connectivity index is 1.55. The summed E-state index contributed by atoms with van der Waals surface area (Å²) < 4.78 is 0. The summed E-state index contributed by atoms with van der Waals surface area (Å²) in [4.78, 5) is 14.7. The number of para-hydroxylation sites is 1. The predicted molar refractivity (Wildman–Crippen MR) is 110 cm³/mol. The summed E-state index contributed by atoms with van der Waals surface area (Å²) in [6.07, 6.45) is 4.81. The second-order valence-corrected chi connectivity index (χ2v) is 6.96. The van der Waals surface area contributed by atoms with E-state index in [2.05, 4.69) is 59.7 Å². The highest BCUT2D eigenvalue weighted by atomic mass is 16.1. The third-order valence-electron chi connectivity index (χ3n) is 5.04. The summed E-state index contributed by atoms with van der Waals surface area (Å²) in [6.45, 7) is 6.73. The van der Waals surface area contributed by atoms with Crippen molar-refractivity contribution < 1.29 is 4.79 Å². The molecule has 4 heteroatoms. The largest absolute Gasteiger partial charge is 0.376 e. The highest BCUT2D eigenvalue weighted by Crippen LogP contribution is 2.22. The van der Waals surface area contributed by atoms with Gasteiger partial charge in [-0.05, 0) is 68.0 Å². The van der Waals surface area contributed by atoms with Gasteiger partial charge in [-0.3, -0.25) is 4.79 Å². The number of carbonyl (C=O) groups is 1. The number of benzene rings is 2. The SMILES string of the molecule is CCc1cccc(C)c1NCC(=O)Nc1ccc(N2CCCCC2)cc1. The van der Waals surface area contributed by atoms with Crippen molar-refractivity contribution in [1.29, 1.82) is 0 Å². The molecular weight excluding hydrogens is 322 g/mol. The van der Waals surface area contributed by atoms with Gasteiger partial charge in [-0.2, -0.15) is 0 Å². The average Bonchev–Trinajstić information content (AvgIpc) is 2.68. The molecule has 26 heavy (non-hydrogen) atoms. The normalized spacial score (nSPS) is 14.2. The molecule has 0 unspecified atom stereocenters. The second kappa shape index (κ2) is 8.75. The van der Waals surface area contributed by atoms with Crippen LogP contribution in [-0.4, -0.2) is 25.5 Å². The van der Waals surface area contributed by atoms with Crippen molar-refractivity contribution in [3.8, 4) is 0 Å². The van der Waals surface area contributed by atoms with Crippen molar-refractivity contribution >= 4 is 23.0 Å². The Morgan fingerprint density at radius 1 is 1.04 bits per heavy atom. The van der Waals surface area contributed by atoms with Gasteiger partial charge in [-0.1, -0.05) is 25.1 Å². The van der Waals surface area contributed by atoms with Gasteiger partial charge in [0.1, 0.15) is 0 Å². The topological polar surface area (TPSA) is 44.4 Å². The zero-order valence-corrected chi connectivity index (χ0v) is 15.8. The molecule has 138 valence electrons. The Hall–Kier alpha value is -2.49. The lowest BCUT2D eigenvalue weighted by Gasteiger charge is -2.28. The zero-order valence-electron chi connectivity index (χ0n) is 15.8. The van der Waals surface area contributed by atoms with Crippen molar-refractivity contribution in [2.75, 3.05) is 35.2 Å². The number of hydrogen-bond acceptors (Lipinski definition) is 3. The van der Waals surface area contributed by atoms with Gasteiger partial charge in [-0.25, -0.2) is 0 Å². The summed E-state index contributed by atoms with van der Waals surface area (Å²) in [7, 11) is 0. The van der Waals surface area contributed by atoms with Crippen molar-refractivity contribution in [3.05, 3.63) is 53.6 Å². The smallest absolute Gasteiger partial charge is 0.243 e. The van der Waals surface area contributed by atoms with Crippen molar-refractivity contribution in [2.45, 2.75) is 39.5 Å². The van der Waals surface area contributed by atoms with E-state index in [1.54, 1.807) is 0 Å². The van der Waals surface area contributed by atoms with Crippen LogP contribution >= 0.6 is 0 Å². The van der Waals surface area contributed by atoms with Crippen molar-refractivity contribution in [2.24, 2.45) is 0 Å². The van der Waals surface area contributed by atoms with E-state index in [0.29, 0.717) is 0 Å². The first-order valence-electron chi connectivity index (χ1n) is 9.64. The maximum Gasteiger partial charge on any atom is 0.243 e. The monoisotopic (exact) mass is 351 g/mol. The third-order valence-corrected chi connectivity index (χ3v) is 5.04. The van der Waals surface area contributed by atoms with Crippen molar-refractivity contribution in [1.82, 2.24) is 0 Å².